The zero-order valence-electron chi connectivity index (χ0n) is 25.1. The second-order valence-corrected chi connectivity index (χ2v) is 13.5. The van der Waals surface area contributed by atoms with E-state index in [0.29, 0.717) is 19.6 Å². The maximum Gasteiger partial charge on any atom is 0.309 e. The molecule has 204 valence electrons. The van der Waals surface area contributed by atoms with Gasteiger partial charge in [0.15, 0.2) is 0 Å². The SMILES string of the molecule is CCON(O)C(C)(CC(C)(C)C(C)(C)C(CC(C)(C)C)C(=O)OCCN(CC)CC)C(C)(C)C. The first-order valence-corrected chi connectivity index (χ1v) is 13.2. The van der Waals surface area contributed by atoms with Gasteiger partial charge in [-0.25, -0.2) is 0 Å². The molecule has 0 radical (unpaired) electrons. The van der Waals surface area contributed by atoms with Crippen LogP contribution in [0.15, 0.2) is 0 Å². The lowest BCUT2D eigenvalue weighted by Gasteiger charge is -2.55. The Hall–Kier alpha value is -0.690. The van der Waals surface area contributed by atoms with Gasteiger partial charge in [0.2, 0.25) is 0 Å². The van der Waals surface area contributed by atoms with Gasteiger partial charge in [-0.3, -0.25) is 14.8 Å². The van der Waals surface area contributed by atoms with Crippen LogP contribution in [0.4, 0.5) is 0 Å². The van der Waals surface area contributed by atoms with Crippen molar-refractivity contribution in [2.75, 3.05) is 32.8 Å². The summed E-state index contributed by atoms with van der Waals surface area (Å²) in [5.74, 6) is -0.397. The van der Waals surface area contributed by atoms with E-state index in [-0.39, 0.29) is 28.1 Å². The average Bonchev–Trinajstić information content (AvgIpc) is 2.67. The molecule has 0 aromatic rings. The van der Waals surface area contributed by atoms with Crippen molar-refractivity contribution in [1.29, 1.82) is 0 Å². The summed E-state index contributed by atoms with van der Waals surface area (Å²) in [4.78, 5) is 21.4. The first-order valence-electron chi connectivity index (χ1n) is 13.2. The maximum absolute atomic E-state index is 13.5. The summed E-state index contributed by atoms with van der Waals surface area (Å²) in [5, 5.41) is 11.9. The van der Waals surface area contributed by atoms with Crippen molar-refractivity contribution in [2.24, 2.45) is 27.6 Å². The normalized spacial score (nSPS) is 16.6. The Morgan fingerprint density at radius 2 is 1.38 bits per heavy atom. The lowest BCUT2D eigenvalue weighted by Crippen LogP contribution is -2.58. The molecule has 0 saturated carbocycles. The van der Waals surface area contributed by atoms with Gasteiger partial charge in [-0.1, -0.05) is 88.3 Å². The van der Waals surface area contributed by atoms with Crippen molar-refractivity contribution < 1.29 is 19.6 Å². The molecule has 0 rings (SSSR count). The number of esters is 1. The van der Waals surface area contributed by atoms with Crippen molar-refractivity contribution in [3.63, 3.8) is 0 Å². The Labute approximate surface area is 211 Å². The molecule has 0 aliphatic carbocycles. The monoisotopic (exact) mass is 486 g/mol. The lowest BCUT2D eigenvalue weighted by molar-refractivity contribution is -0.406. The fourth-order valence-corrected chi connectivity index (χ4v) is 4.61. The van der Waals surface area contributed by atoms with E-state index in [4.69, 9.17) is 9.57 Å². The van der Waals surface area contributed by atoms with E-state index in [1.807, 2.05) is 13.8 Å². The summed E-state index contributed by atoms with van der Waals surface area (Å²) in [6.45, 7) is 33.2. The third kappa shape index (κ3) is 8.76. The number of ether oxygens (including phenoxy) is 1. The van der Waals surface area contributed by atoms with E-state index in [1.165, 1.54) is 0 Å². The van der Waals surface area contributed by atoms with Crippen molar-refractivity contribution in [3.8, 4) is 0 Å². The van der Waals surface area contributed by atoms with Gasteiger partial charge >= 0.3 is 5.97 Å². The van der Waals surface area contributed by atoms with Crippen LogP contribution in [0.5, 0.6) is 0 Å². The van der Waals surface area contributed by atoms with Gasteiger partial charge in [0.05, 0.1) is 18.1 Å². The topological polar surface area (TPSA) is 62.2 Å². The highest BCUT2D eigenvalue weighted by Crippen LogP contribution is 2.55. The van der Waals surface area contributed by atoms with Crippen LogP contribution in [-0.2, 0) is 14.4 Å². The van der Waals surface area contributed by atoms with Gasteiger partial charge < -0.3 is 9.64 Å². The number of nitrogens with zero attached hydrogens (tertiary/aromatic N) is 2. The number of carbonyl (C=O) groups is 1. The fraction of sp³-hybridized carbons (Fsp3) is 0.964. The highest BCUT2D eigenvalue weighted by Gasteiger charge is 2.54. The minimum absolute atomic E-state index is 0.0302. The zero-order valence-corrected chi connectivity index (χ0v) is 25.1. The highest BCUT2D eigenvalue weighted by atomic mass is 16.9. The summed E-state index contributed by atoms with van der Waals surface area (Å²) in [5.41, 5.74) is -1.68. The number of hydrogen-bond donors (Lipinski definition) is 1. The van der Waals surface area contributed by atoms with Crippen LogP contribution in [0.3, 0.4) is 0 Å². The van der Waals surface area contributed by atoms with E-state index in [0.717, 1.165) is 31.3 Å². The van der Waals surface area contributed by atoms with Crippen LogP contribution in [0.2, 0.25) is 0 Å². The third-order valence-electron chi connectivity index (χ3n) is 8.34. The molecule has 0 amide bonds. The minimum atomic E-state index is -0.664. The van der Waals surface area contributed by atoms with Crippen LogP contribution in [0, 0.1) is 27.6 Å². The van der Waals surface area contributed by atoms with Crippen LogP contribution in [0.25, 0.3) is 0 Å². The summed E-state index contributed by atoms with van der Waals surface area (Å²) in [6.07, 6.45) is 1.37. The second kappa shape index (κ2) is 12.5. The molecule has 2 atom stereocenters. The Morgan fingerprint density at radius 3 is 1.76 bits per heavy atom. The third-order valence-corrected chi connectivity index (χ3v) is 8.34. The quantitative estimate of drug-likeness (QED) is 0.215. The van der Waals surface area contributed by atoms with Crippen molar-refractivity contribution in [2.45, 2.75) is 115 Å². The number of carbonyl (C=O) groups excluding carboxylic acids is 1. The van der Waals surface area contributed by atoms with Crippen LogP contribution < -0.4 is 0 Å². The maximum atomic E-state index is 13.5. The molecule has 34 heavy (non-hydrogen) atoms. The van der Waals surface area contributed by atoms with Crippen molar-refractivity contribution in [3.05, 3.63) is 0 Å². The largest absolute Gasteiger partial charge is 0.464 e. The van der Waals surface area contributed by atoms with Crippen LogP contribution >= 0.6 is 0 Å². The Bertz CT molecular complexity index is 615. The Balaban J connectivity index is 6.09. The Morgan fingerprint density at radius 1 is 0.882 bits per heavy atom. The molecule has 0 aromatic heterocycles. The zero-order chi connectivity index (χ0) is 27.2. The second-order valence-electron chi connectivity index (χ2n) is 13.5. The molecule has 0 aromatic carbocycles. The molecule has 0 fully saturated rings. The van der Waals surface area contributed by atoms with Crippen LogP contribution in [-0.4, -0.2) is 59.7 Å². The first kappa shape index (κ1) is 33.3. The van der Waals surface area contributed by atoms with Gasteiger partial charge in [-0.2, -0.15) is 0 Å². The first-order chi connectivity index (χ1) is 15.2. The molecule has 0 heterocycles. The summed E-state index contributed by atoms with van der Waals surface area (Å²) >= 11 is 0. The van der Waals surface area contributed by atoms with E-state index in [1.54, 1.807) is 0 Å². The lowest BCUT2D eigenvalue weighted by atomic mass is 9.53. The van der Waals surface area contributed by atoms with Gasteiger partial charge in [0, 0.05) is 6.54 Å². The van der Waals surface area contributed by atoms with Gasteiger partial charge in [0.1, 0.15) is 6.61 Å². The van der Waals surface area contributed by atoms with E-state index >= 15 is 0 Å². The number of likely N-dealkylation sites (N-methyl/N-ethyl adjacent to an activating group) is 1. The van der Waals surface area contributed by atoms with Gasteiger partial charge in [-0.05, 0) is 61.4 Å². The molecule has 0 spiro atoms. The standard InChI is InChI=1S/C28H58N2O4/c1-15-29(16-2)18-19-33-23(31)22(20-24(4,5)6)27(12,13)26(10,11)21-28(14,25(7,8)9)30(32)34-17-3/h22,32H,15-21H2,1-14H3. The predicted molar refractivity (Wildman–Crippen MR) is 142 cm³/mol. The molecule has 6 nitrogen and oxygen atoms in total. The van der Waals surface area contributed by atoms with Crippen molar-refractivity contribution in [1.82, 2.24) is 10.1 Å². The van der Waals surface area contributed by atoms with Gasteiger partial charge in [-0.15, -0.1) is 0 Å². The summed E-state index contributed by atoms with van der Waals surface area (Å²) in [6, 6.07) is 0. The molecular formula is C28H58N2O4. The summed E-state index contributed by atoms with van der Waals surface area (Å²) in [7, 11) is 0. The molecule has 0 aliphatic rings. The molecular weight excluding hydrogens is 428 g/mol. The smallest absolute Gasteiger partial charge is 0.309 e. The van der Waals surface area contributed by atoms with E-state index in [2.05, 4.69) is 88.0 Å². The fourth-order valence-electron chi connectivity index (χ4n) is 4.61. The summed E-state index contributed by atoms with van der Waals surface area (Å²) < 4.78 is 5.88. The molecule has 0 bridgehead atoms. The number of rotatable bonds is 14. The molecule has 6 heteroatoms. The highest BCUT2D eigenvalue weighted by molar-refractivity contribution is 5.73. The predicted octanol–water partition coefficient (Wildman–Crippen LogP) is 6.81. The molecule has 1 N–H and O–H groups in total. The Kier molecular flexibility index (Phi) is 12.3. The average molecular weight is 487 g/mol. The number of hydrogen-bond acceptors (Lipinski definition) is 6. The van der Waals surface area contributed by atoms with Crippen molar-refractivity contribution >= 4 is 5.97 Å². The molecule has 0 saturated heterocycles. The van der Waals surface area contributed by atoms with E-state index in [9.17, 15) is 10.0 Å². The van der Waals surface area contributed by atoms with Crippen LogP contribution in [0.1, 0.15) is 110 Å². The molecule has 2 unspecified atom stereocenters. The number of hydroxylamine groups is 2. The van der Waals surface area contributed by atoms with E-state index < -0.39 is 11.0 Å². The minimum Gasteiger partial charge on any atom is -0.464 e. The molecule has 0 aliphatic heterocycles. The van der Waals surface area contributed by atoms with Gasteiger partial charge in [0.25, 0.3) is 0 Å².